The van der Waals surface area contributed by atoms with E-state index in [1.807, 2.05) is 13.8 Å². The van der Waals surface area contributed by atoms with Gasteiger partial charge in [-0.2, -0.15) is 4.31 Å². The normalized spacial score (nSPS) is 25.2. The van der Waals surface area contributed by atoms with Crippen molar-refractivity contribution in [3.8, 4) is 5.75 Å². The van der Waals surface area contributed by atoms with Gasteiger partial charge in [0.15, 0.2) is 0 Å². The van der Waals surface area contributed by atoms with E-state index in [0.29, 0.717) is 18.8 Å². The predicted octanol–water partition coefficient (Wildman–Crippen LogP) is 1.49. The molecule has 1 aromatic rings. The zero-order valence-corrected chi connectivity index (χ0v) is 12.2. The Hall–Kier alpha value is -1.11. The molecule has 1 saturated heterocycles. The summed E-state index contributed by atoms with van der Waals surface area (Å²) >= 11 is 0. The van der Waals surface area contributed by atoms with Crippen molar-refractivity contribution in [3.05, 3.63) is 24.3 Å². The zero-order chi connectivity index (χ0) is 14.0. The molecule has 0 aliphatic carbocycles. The lowest BCUT2D eigenvalue weighted by molar-refractivity contribution is -0.0440. The number of sulfonamides is 1. The minimum atomic E-state index is -3.46. The number of methoxy groups -OCH3 is 1. The van der Waals surface area contributed by atoms with Gasteiger partial charge in [0, 0.05) is 13.1 Å². The minimum Gasteiger partial charge on any atom is -0.497 e. The molecule has 1 aliphatic rings. The molecule has 1 heterocycles. The lowest BCUT2D eigenvalue weighted by atomic mass is 10.3. The summed E-state index contributed by atoms with van der Waals surface area (Å²) in [6, 6.07) is 6.44. The van der Waals surface area contributed by atoms with Crippen LogP contribution in [0.4, 0.5) is 0 Å². The van der Waals surface area contributed by atoms with Gasteiger partial charge in [0.2, 0.25) is 10.0 Å². The first-order valence-electron chi connectivity index (χ1n) is 6.23. The summed E-state index contributed by atoms with van der Waals surface area (Å²) in [5.74, 6) is 0.641. The van der Waals surface area contributed by atoms with Crippen molar-refractivity contribution in [2.24, 2.45) is 0 Å². The highest BCUT2D eigenvalue weighted by molar-refractivity contribution is 7.89. The summed E-state index contributed by atoms with van der Waals surface area (Å²) in [7, 11) is -1.90. The van der Waals surface area contributed by atoms with Crippen LogP contribution < -0.4 is 4.74 Å². The zero-order valence-electron chi connectivity index (χ0n) is 11.4. The number of ether oxygens (including phenoxy) is 2. The fourth-order valence-electron chi connectivity index (χ4n) is 2.22. The molecule has 0 saturated carbocycles. The van der Waals surface area contributed by atoms with Gasteiger partial charge in [0.25, 0.3) is 0 Å². The van der Waals surface area contributed by atoms with Crippen molar-refractivity contribution in [1.82, 2.24) is 4.31 Å². The van der Waals surface area contributed by atoms with E-state index in [1.165, 1.54) is 4.31 Å². The van der Waals surface area contributed by atoms with Crippen LogP contribution in [0.1, 0.15) is 13.8 Å². The number of morpholine rings is 1. The van der Waals surface area contributed by atoms with Gasteiger partial charge in [-0.25, -0.2) is 8.42 Å². The Morgan fingerprint density at radius 3 is 2.16 bits per heavy atom. The number of hydrogen-bond donors (Lipinski definition) is 0. The molecular weight excluding hydrogens is 266 g/mol. The van der Waals surface area contributed by atoms with Gasteiger partial charge in [-0.15, -0.1) is 0 Å². The maximum Gasteiger partial charge on any atom is 0.243 e. The SMILES string of the molecule is COc1ccc(S(=O)(=O)N2C[C@H](C)O[C@@H](C)C2)cc1. The van der Waals surface area contributed by atoms with Crippen LogP contribution in [0.2, 0.25) is 0 Å². The van der Waals surface area contributed by atoms with E-state index < -0.39 is 10.0 Å². The highest BCUT2D eigenvalue weighted by Gasteiger charge is 2.32. The van der Waals surface area contributed by atoms with Crippen molar-refractivity contribution in [2.45, 2.75) is 31.0 Å². The van der Waals surface area contributed by atoms with Crippen LogP contribution in [0, 0.1) is 0 Å². The topological polar surface area (TPSA) is 55.8 Å². The standard InChI is InChI=1S/C13H19NO4S/c1-10-8-14(9-11(2)18-10)19(15,16)13-6-4-12(17-3)5-7-13/h4-7,10-11H,8-9H2,1-3H3/t10-,11-/m0/s1. The second kappa shape index (κ2) is 5.48. The highest BCUT2D eigenvalue weighted by Crippen LogP contribution is 2.22. The van der Waals surface area contributed by atoms with Crippen LogP contribution in [0.5, 0.6) is 5.75 Å². The second-order valence-corrected chi connectivity index (χ2v) is 6.69. The molecule has 0 spiro atoms. The van der Waals surface area contributed by atoms with Crippen molar-refractivity contribution in [2.75, 3.05) is 20.2 Å². The Morgan fingerprint density at radius 1 is 1.16 bits per heavy atom. The van der Waals surface area contributed by atoms with Gasteiger partial charge in [0.05, 0.1) is 24.2 Å². The molecule has 1 fully saturated rings. The van der Waals surface area contributed by atoms with Crippen LogP contribution >= 0.6 is 0 Å². The number of nitrogens with zero attached hydrogens (tertiary/aromatic N) is 1. The van der Waals surface area contributed by atoms with Crippen LogP contribution in [-0.2, 0) is 14.8 Å². The molecule has 0 N–H and O–H groups in total. The lowest BCUT2D eigenvalue weighted by Gasteiger charge is -2.34. The average Bonchev–Trinajstić information content (AvgIpc) is 2.37. The van der Waals surface area contributed by atoms with Gasteiger partial charge in [-0.1, -0.05) is 0 Å². The molecule has 19 heavy (non-hydrogen) atoms. The van der Waals surface area contributed by atoms with E-state index in [4.69, 9.17) is 9.47 Å². The number of benzene rings is 1. The van der Waals surface area contributed by atoms with Crippen LogP contribution in [-0.4, -0.2) is 45.1 Å². The maximum atomic E-state index is 12.5. The molecule has 0 radical (unpaired) electrons. The van der Waals surface area contributed by atoms with E-state index in [1.54, 1.807) is 31.4 Å². The first kappa shape index (κ1) is 14.3. The summed E-state index contributed by atoms with van der Waals surface area (Å²) < 4.78 is 37.1. The van der Waals surface area contributed by atoms with Gasteiger partial charge in [0.1, 0.15) is 5.75 Å². The Bertz CT molecular complexity index is 516. The summed E-state index contributed by atoms with van der Waals surface area (Å²) in [5, 5.41) is 0. The lowest BCUT2D eigenvalue weighted by Crippen LogP contribution is -2.48. The number of hydrogen-bond acceptors (Lipinski definition) is 4. The fraction of sp³-hybridized carbons (Fsp3) is 0.538. The molecule has 0 amide bonds. The van der Waals surface area contributed by atoms with Crippen molar-refractivity contribution < 1.29 is 17.9 Å². The predicted molar refractivity (Wildman–Crippen MR) is 71.8 cm³/mol. The quantitative estimate of drug-likeness (QED) is 0.844. The molecule has 106 valence electrons. The first-order chi connectivity index (χ1) is 8.93. The van der Waals surface area contributed by atoms with E-state index in [0.717, 1.165) is 0 Å². The Kier molecular flexibility index (Phi) is 4.13. The third-order valence-corrected chi connectivity index (χ3v) is 4.93. The molecule has 0 aromatic heterocycles. The van der Waals surface area contributed by atoms with Crippen LogP contribution in [0.3, 0.4) is 0 Å². The Morgan fingerprint density at radius 2 is 1.68 bits per heavy atom. The molecule has 0 unspecified atom stereocenters. The Balaban J connectivity index is 2.25. The third-order valence-electron chi connectivity index (χ3n) is 3.08. The van der Waals surface area contributed by atoms with Gasteiger partial charge in [-0.3, -0.25) is 0 Å². The Labute approximate surface area is 114 Å². The average molecular weight is 285 g/mol. The van der Waals surface area contributed by atoms with Crippen molar-refractivity contribution >= 4 is 10.0 Å². The van der Waals surface area contributed by atoms with Crippen LogP contribution in [0.15, 0.2) is 29.2 Å². The summed E-state index contributed by atoms with van der Waals surface area (Å²) in [4.78, 5) is 0.287. The molecule has 2 rings (SSSR count). The summed E-state index contributed by atoms with van der Waals surface area (Å²) in [6.07, 6.45) is -0.173. The molecule has 6 heteroatoms. The van der Waals surface area contributed by atoms with E-state index in [-0.39, 0.29) is 17.1 Å². The molecule has 2 atom stereocenters. The van der Waals surface area contributed by atoms with Crippen molar-refractivity contribution in [1.29, 1.82) is 0 Å². The minimum absolute atomic E-state index is 0.0863. The fourth-order valence-corrected chi connectivity index (χ4v) is 3.81. The second-order valence-electron chi connectivity index (χ2n) is 4.75. The van der Waals surface area contributed by atoms with Crippen molar-refractivity contribution in [3.63, 3.8) is 0 Å². The van der Waals surface area contributed by atoms with E-state index in [2.05, 4.69) is 0 Å². The van der Waals surface area contributed by atoms with Gasteiger partial charge < -0.3 is 9.47 Å². The molecule has 1 aliphatic heterocycles. The molecule has 5 nitrogen and oxygen atoms in total. The first-order valence-corrected chi connectivity index (χ1v) is 7.67. The van der Waals surface area contributed by atoms with E-state index >= 15 is 0 Å². The third kappa shape index (κ3) is 3.08. The molecular formula is C13H19NO4S. The number of rotatable bonds is 3. The van der Waals surface area contributed by atoms with Gasteiger partial charge in [-0.05, 0) is 38.1 Å². The van der Waals surface area contributed by atoms with E-state index in [9.17, 15) is 8.42 Å². The summed E-state index contributed by atoms with van der Waals surface area (Å²) in [5.41, 5.74) is 0. The van der Waals surface area contributed by atoms with Crippen LogP contribution in [0.25, 0.3) is 0 Å². The largest absolute Gasteiger partial charge is 0.497 e. The highest BCUT2D eigenvalue weighted by atomic mass is 32.2. The molecule has 0 bridgehead atoms. The summed E-state index contributed by atoms with van der Waals surface area (Å²) in [6.45, 7) is 4.54. The smallest absolute Gasteiger partial charge is 0.243 e. The van der Waals surface area contributed by atoms with Gasteiger partial charge >= 0.3 is 0 Å². The maximum absolute atomic E-state index is 12.5. The molecule has 1 aromatic carbocycles. The monoisotopic (exact) mass is 285 g/mol.